The summed E-state index contributed by atoms with van der Waals surface area (Å²) in [6.45, 7) is 1.09. The van der Waals surface area contributed by atoms with E-state index in [2.05, 4.69) is 5.32 Å². The third-order valence-corrected chi connectivity index (χ3v) is 3.34. The van der Waals surface area contributed by atoms with Gasteiger partial charge in [-0.3, -0.25) is 0 Å². The highest BCUT2D eigenvalue weighted by molar-refractivity contribution is 5.30. The van der Waals surface area contributed by atoms with Gasteiger partial charge in [-0.1, -0.05) is 12.1 Å². The smallest absolute Gasteiger partial charge is 0.384 e. The Morgan fingerprint density at radius 1 is 1.22 bits per heavy atom. The van der Waals surface area contributed by atoms with Crippen LogP contribution in [0.2, 0.25) is 0 Å². The summed E-state index contributed by atoms with van der Waals surface area (Å²) in [5, 5.41) is 13.5. The van der Waals surface area contributed by atoms with E-state index in [9.17, 15) is 18.3 Å². The fraction of sp³-hybridized carbons (Fsp3) is 0.538. The Balaban J connectivity index is 2.32. The highest BCUT2D eigenvalue weighted by Gasteiger charge is 2.34. The minimum Gasteiger partial charge on any atom is -0.384 e. The zero-order chi connectivity index (χ0) is 13.2. The van der Waals surface area contributed by atoms with E-state index in [0.29, 0.717) is 18.5 Å². The number of hydrogen-bond acceptors (Lipinski definition) is 2. The van der Waals surface area contributed by atoms with Crippen molar-refractivity contribution in [3.63, 3.8) is 0 Å². The largest absolute Gasteiger partial charge is 0.416 e. The number of nitrogens with one attached hydrogen (secondary N) is 1. The molecule has 1 aromatic carbocycles. The topological polar surface area (TPSA) is 32.3 Å². The van der Waals surface area contributed by atoms with Crippen LogP contribution in [0, 0.1) is 0 Å². The second-order valence-electron chi connectivity index (χ2n) is 4.74. The van der Waals surface area contributed by atoms with E-state index >= 15 is 0 Å². The first kappa shape index (κ1) is 13.4. The van der Waals surface area contributed by atoms with Gasteiger partial charge in [0, 0.05) is 6.54 Å². The van der Waals surface area contributed by atoms with Gasteiger partial charge in [0.05, 0.1) is 5.56 Å². The molecule has 1 unspecified atom stereocenters. The number of halogens is 3. The van der Waals surface area contributed by atoms with Crippen molar-refractivity contribution >= 4 is 0 Å². The molecular weight excluding hydrogens is 243 g/mol. The number of aliphatic hydroxyl groups is 1. The maximum atomic E-state index is 12.6. The van der Waals surface area contributed by atoms with E-state index < -0.39 is 17.3 Å². The Kier molecular flexibility index (Phi) is 3.64. The molecule has 5 heteroatoms. The summed E-state index contributed by atoms with van der Waals surface area (Å²) in [5.41, 5.74) is -1.57. The van der Waals surface area contributed by atoms with Crippen LogP contribution in [0.15, 0.2) is 24.3 Å². The van der Waals surface area contributed by atoms with Crippen molar-refractivity contribution in [2.45, 2.75) is 31.0 Å². The predicted octanol–water partition coefficient (Wildman–Crippen LogP) is 2.67. The molecule has 2 N–H and O–H groups in total. The zero-order valence-electron chi connectivity index (χ0n) is 9.93. The number of hydrogen-bond donors (Lipinski definition) is 2. The molecule has 0 amide bonds. The van der Waals surface area contributed by atoms with Gasteiger partial charge in [-0.15, -0.1) is 0 Å². The molecule has 1 aliphatic rings. The first-order chi connectivity index (χ1) is 8.42. The van der Waals surface area contributed by atoms with Crippen LogP contribution in [0.25, 0.3) is 0 Å². The first-order valence-corrected chi connectivity index (χ1v) is 6.03. The minimum absolute atomic E-state index is 0.300. The standard InChI is InChI=1S/C13H16F3NO/c14-13(15,16)11-5-3-4-10(8-11)12(18)6-1-2-7-17-9-12/h3-5,8,17-18H,1-2,6-7,9H2. The molecule has 100 valence electrons. The summed E-state index contributed by atoms with van der Waals surface area (Å²) < 4.78 is 37.9. The van der Waals surface area contributed by atoms with Crippen LogP contribution >= 0.6 is 0 Å². The molecule has 1 fully saturated rings. The van der Waals surface area contributed by atoms with Gasteiger partial charge in [-0.2, -0.15) is 13.2 Å². The molecule has 0 aliphatic carbocycles. The summed E-state index contributed by atoms with van der Waals surface area (Å²) in [6.07, 6.45) is -2.15. The Morgan fingerprint density at radius 2 is 2.00 bits per heavy atom. The fourth-order valence-corrected chi connectivity index (χ4v) is 2.28. The van der Waals surface area contributed by atoms with Crippen molar-refractivity contribution in [1.82, 2.24) is 5.32 Å². The van der Waals surface area contributed by atoms with Gasteiger partial charge in [0.15, 0.2) is 0 Å². The van der Waals surface area contributed by atoms with Gasteiger partial charge in [0.1, 0.15) is 5.60 Å². The molecule has 2 nitrogen and oxygen atoms in total. The van der Waals surface area contributed by atoms with Gasteiger partial charge in [-0.05, 0) is 43.5 Å². The van der Waals surface area contributed by atoms with Crippen LogP contribution in [0.5, 0.6) is 0 Å². The lowest BCUT2D eigenvalue weighted by atomic mass is 9.88. The lowest BCUT2D eigenvalue weighted by molar-refractivity contribution is -0.137. The lowest BCUT2D eigenvalue weighted by Crippen LogP contribution is -2.36. The molecule has 0 bridgehead atoms. The van der Waals surface area contributed by atoms with Crippen molar-refractivity contribution in [1.29, 1.82) is 0 Å². The van der Waals surface area contributed by atoms with Crippen LogP contribution in [0.1, 0.15) is 30.4 Å². The molecule has 1 aromatic rings. The molecule has 2 rings (SSSR count). The van der Waals surface area contributed by atoms with Gasteiger partial charge in [0.25, 0.3) is 0 Å². The van der Waals surface area contributed by atoms with Crippen molar-refractivity contribution in [2.24, 2.45) is 0 Å². The highest BCUT2D eigenvalue weighted by atomic mass is 19.4. The van der Waals surface area contributed by atoms with Gasteiger partial charge < -0.3 is 10.4 Å². The Labute approximate surface area is 104 Å². The molecule has 0 radical (unpaired) electrons. The summed E-state index contributed by atoms with van der Waals surface area (Å²) in [5.74, 6) is 0. The quantitative estimate of drug-likeness (QED) is 0.812. The van der Waals surface area contributed by atoms with Crippen LogP contribution < -0.4 is 5.32 Å². The molecule has 0 spiro atoms. The lowest BCUT2D eigenvalue weighted by Gasteiger charge is -2.27. The van der Waals surface area contributed by atoms with E-state index in [1.807, 2.05) is 0 Å². The SMILES string of the molecule is OC1(c2cccc(C(F)(F)F)c2)CCCCNC1. The first-order valence-electron chi connectivity index (χ1n) is 6.03. The van der Waals surface area contributed by atoms with Crippen molar-refractivity contribution in [3.8, 4) is 0 Å². The summed E-state index contributed by atoms with van der Waals surface area (Å²) in [4.78, 5) is 0. The van der Waals surface area contributed by atoms with Crippen LogP contribution in [0.4, 0.5) is 13.2 Å². The molecular formula is C13H16F3NO. The third kappa shape index (κ3) is 2.84. The maximum Gasteiger partial charge on any atom is 0.416 e. The summed E-state index contributed by atoms with van der Waals surface area (Å²) >= 11 is 0. The average Bonchev–Trinajstić information content (AvgIpc) is 2.54. The molecule has 0 aromatic heterocycles. The molecule has 1 atom stereocenters. The van der Waals surface area contributed by atoms with E-state index in [0.717, 1.165) is 31.5 Å². The number of benzene rings is 1. The second-order valence-corrected chi connectivity index (χ2v) is 4.74. The molecule has 0 saturated carbocycles. The van der Waals surface area contributed by atoms with E-state index in [4.69, 9.17) is 0 Å². The summed E-state index contributed by atoms with van der Waals surface area (Å²) in [7, 11) is 0. The molecule has 18 heavy (non-hydrogen) atoms. The maximum absolute atomic E-state index is 12.6. The Morgan fingerprint density at radius 3 is 2.72 bits per heavy atom. The van der Waals surface area contributed by atoms with E-state index in [1.165, 1.54) is 6.07 Å². The number of β-amino-alcohol motifs (C(OH)–C–C–N with tert-alkyl or cyclic N) is 1. The van der Waals surface area contributed by atoms with Crippen molar-refractivity contribution in [2.75, 3.05) is 13.1 Å². The number of rotatable bonds is 1. The monoisotopic (exact) mass is 259 g/mol. The Hall–Kier alpha value is -1.07. The Bertz CT molecular complexity index is 409. The van der Waals surface area contributed by atoms with Crippen LogP contribution in [-0.2, 0) is 11.8 Å². The normalized spacial score (nSPS) is 25.8. The van der Waals surface area contributed by atoms with Gasteiger partial charge in [0.2, 0.25) is 0 Å². The van der Waals surface area contributed by atoms with E-state index in [1.54, 1.807) is 6.07 Å². The minimum atomic E-state index is -4.37. The van der Waals surface area contributed by atoms with Crippen molar-refractivity contribution < 1.29 is 18.3 Å². The number of alkyl halides is 3. The fourth-order valence-electron chi connectivity index (χ4n) is 2.28. The van der Waals surface area contributed by atoms with Crippen LogP contribution in [0.3, 0.4) is 0 Å². The van der Waals surface area contributed by atoms with E-state index in [-0.39, 0.29) is 0 Å². The summed E-state index contributed by atoms with van der Waals surface area (Å²) in [6, 6.07) is 4.98. The van der Waals surface area contributed by atoms with Crippen molar-refractivity contribution in [3.05, 3.63) is 35.4 Å². The van der Waals surface area contributed by atoms with Crippen LogP contribution in [-0.4, -0.2) is 18.2 Å². The second kappa shape index (κ2) is 4.90. The average molecular weight is 259 g/mol. The third-order valence-electron chi connectivity index (χ3n) is 3.34. The predicted molar refractivity (Wildman–Crippen MR) is 62.1 cm³/mol. The molecule has 1 heterocycles. The molecule has 1 saturated heterocycles. The molecule has 1 aliphatic heterocycles. The zero-order valence-corrected chi connectivity index (χ0v) is 9.93. The van der Waals surface area contributed by atoms with Gasteiger partial charge >= 0.3 is 6.18 Å². The van der Waals surface area contributed by atoms with Gasteiger partial charge in [-0.25, -0.2) is 0 Å². The highest BCUT2D eigenvalue weighted by Crippen LogP contribution is 2.34.